The first-order valence-corrected chi connectivity index (χ1v) is 5.16. The summed E-state index contributed by atoms with van der Waals surface area (Å²) in [5.41, 5.74) is 0. The van der Waals surface area contributed by atoms with Crippen molar-refractivity contribution in [3.05, 3.63) is 0 Å². The highest BCUT2D eigenvalue weighted by molar-refractivity contribution is 7.80. The van der Waals surface area contributed by atoms with Gasteiger partial charge in [0.25, 0.3) is 0 Å². The van der Waals surface area contributed by atoms with Crippen molar-refractivity contribution in [1.29, 1.82) is 0 Å². The molecule has 0 heterocycles. The second-order valence-electron chi connectivity index (χ2n) is 3.05. The van der Waals surface area contributed by atoms with Crippen molar-refractivity contribution in [3.8, 4) is 0 Å². The van der Waals surface area contributed by atoms with Crippen molar-refractivity contribution in [3.63, 3.8) is 0 Å². The van der Waals surface area contributed by atoms with Gasteiger partial charge in [0.05, 0.1) is 5.37 Å². The maximum absolute atomic E-state index is 11.1. The predicted molar refractivity (Wildman–Crippen MR) is 55.3 cm³/mol. The lowest BCUT2D eigenvalue weighted by molar-refractivity contribution is -0.121. The van der Waals surface area contributed by atoms with Crippen LogP contribution in [0.4, 0.5) is 0 Å². The molecule has 12 heavy (non-hydrogen) atoms. The van der Waals surface area contributed by atoms with E-state index in [-0.39, 0.29) is 11.3 Å². The molecule has 0 aromatic heterocycles. The summed E-state index contributed by atoms with van der Waals surface area (Å²) < 4.78 is 0. The van der Waals surface area contributed by atoms with Crippen LogP contribution < -0.4 is 5.32 Å². The number of hydrogen-bond donors (Lipinski definition) is 2. The Balaban J connectivity index is 3.20. The van der Waals surface area contributed by atoms with E-state index in [2.05, 4.69) is 24.9 Å². The number of carbonyl (C=O) groups is 1. The van der Waals surface area contributed by atoms with E-state index in [0.717, 1.165) is 12.8 Å². The molecular formula is C9H19NOS. The molecule has 2 nitrogen and oxygen atoms in total. The molecule has 0 fully saturated rings. The minimum Gasteiger partial charge on any atom is -0.345 e. The van der Waals surface area contributed by atoms with Gasteiger partial charge < -0.3 is 5.32 Å². The second-order valence-corrected chi connectivity index (χ2v) is 3.83. The van der Waals surface area contributed by atoms with E-state index in [4.69, 9.17) is 0 Å². The minimum atomic E-state index is -0.0244. The molecule has 0 aromatic rings. The Morgan fingerprint density at radius 2 is 2.08 bits per heavy atom. The molecule has 0 aromatic carbocycles. The Kier molecular flexibility index (Phi) is 7.36. The van der Waals surface area contributed by atoms with Crippen LogP contribution in [-0.4, -0.2) is 11.3 Å². The van der Waals surface area contributed by atoms with Crippen molar-refractivity contribution in [2.24, 2.45) is 0 Å². The Labute approximate surface area is 80.5 Å². The summed E-state index contributed by atoms with van der Waals surface area (Å²) in [7, 11) is 0. The van der Waals surface area contributed by atoms with Crippen LogP contribution >= 0.6 is 12.6 Å². The van der Waals surface area contributed by atoms with Gasteiger partial charge in [-0.15, -0.1) is 0 Å². The van der Waals surface area contributed by atoms with Crippen LogP contribution in [-0.2, 0) is 4.79 Å². The normalized spacial score (nSPS) is 12.6. The predicted octanol–water partition coefficient (Wildman–Crippen LogP) is 2.35. The van der Waals surface area contributed by atoms with E-state index >= 15 is 0 Å². The van der Waals surface area contributed by atoms with Crippen LogP contribution in [0.5, 0.6) is 0 Å². The van der Waals surface area contributed by atoms with Crippen LogP contribution in [0, 0.1) is 0 Å². The van der Waals surface area contributed by atoms with Crippen LogP contribution in [0.3, 0.4) is 0 Å². The number of amides is 1. The molecule has 0 aliphatic carbocycles. The zero-order chi connectivity index (χ0) is 9.40. The number of rotatable bonds is 6. The summed E-state index contributed by atoms with van der Waals surface area (Å²) in [6.07, 6.45) is 5.24. The molecule has 1 amide bonds. The van der Waals surface area contributed by atoms with Gasteiger partial charge in [-0.05, 0) is 13.3 Å². The first-order valence-electron chi connectivity index (χ1n) is 4.64. The van der Waals surface area contributed by atoms with Crippen LogP contribution in [0.2, 0.25) is 0 Å². The van der Waals surface area contributed by atoms with E-state index in [9.17, 15) is 4.79 Å². The Bertz CT molecular complexity index is 126. The Morgan fingerprint density at radius 3 is 2.58 bits per heavy atom. The summed E-state index contributed by atoms with van der Waals surface area (Å²) in [6.45, 7) is 4.02. The molecule has 0 radical (unpaired) electrons. The first-order chi connectivity index (χ1) is 5.66. The van der Waals surface area contributed by atoms with Crippen LogP contribution in [0.15, 0.2) is 0 Å². The molecule has 0 aliphatic heterocycles. The number of thiol groups is 1. The average Bonchev–Trinajstić information content (AvgIpc) is 1.97. The molecule has 0 saturated heterocycles. The van der Waals surface area contributed by atoms with Gasteiger partial charge in [-0.25, -0.2) is 0 Å². The maximum Gasteiger partial charge on any atom is 0.220 e. The average molecular weight is 189 g/mol. The molecule has 1 unspecified atom stereocenters. The number of nitrogens with one attached hydrogen (secondary N) is 1. The fourth-order valence-electron chi connectivity index (χ4n) is 1.02. The lowest BCUT2D eigenvalue weighted by Gasteiger charge is -2.06. The third-order valence-electron chi connectivity index (χ3n) is 1.63. The van der Waals surface area contributed by atoms with Gasteiger partial charge in [0.1, 0.15) is 0 Å². The first kappa shape index (κ1) is 11.8. The van der Waals surface area contributed by atoms with Crippen LogP contribution in [0.1, 0.15) is 46.0 Å². The lowest BCUT2D eigenvalue weighted by atomic mass is 10.1. The third-order valence-corrected chi connectivity index (χ3v) is 1.76. The van der Waals surface area contributed by atoms with E-state index in [0.29, 0.717) is 6.42 Å². The topological polar surface area (TPSA) is 29.1 Å². The van der Waals surface area contributed by atoms with Gasteiger partial charge in [0, 0.05) is 6.42 Å². The van der Waals surface area contributed by atoms with Crippen LogP contribution in [0.25, 0.3) is 0 Å². The Morgan fingerprint density at radius 1 is 1.42 bits per heavy atom. The molecule has 3 heteroatoms. The zero-order valence-corrected chi connectivity index (χ0v) is 8.86. The van der Waals surface area contributed by atoms with Crippen molar-refractivity contribution in [2.45, 2.75) is 51.3 Å². The lowest BCUT2D eigenvalue weighted by Crippen LogP contribution is -2.28. The SMILES string of the molecule is CCCCCCC(=O)NC(C)S. The van der Waals surface area contributed by atoms with Crippen molar-refractivity contribution in [1.82, 2.24) is 5.32 Å². The number of hydrogen-bond acceptors (Lipinski definition) is 2. The fraction of sp³-hybridized carbons (Fsp3) is 0.889. The molecule has 0 aliphatic rings. The summed E-state index contributed by atoms with van der Waals surface area (Å²) in [5.74, 6) is 0.119. The van der Waals surface area contributed by atoms with Gasteiger partial charge >= 0.3 is 0 Å². The van der Waals surface area contributed by atoms with Crippen molar-refractivity contribution < 1.29 is 4.79 Å². The smallest absolute Gasteiger partial charge is 0.220 e. The molecule has 0 rings (SSSR count). The highest BCUT2D eigenvalue weighted by Crippen LogP contribution is 2.02. The number of carbonyl (C=O) groups excluding carboxylic acids is 1. The molecule has 1 N–H and O–H groups in total. The summed E-state index contributed by atoms with van der Waals surface area (Å²) >= 11 is 4.07. The third kappa shape index (κ3) is 7.92. The van der Waals surface area contributed by atoms with Gasteiger partial charge in [-0.2, -0.15) is 12.6 Å². The van der Waals surface area contributed by atoms with Gasteiger partial charge in [0.15, 0.2) is 0 Å². The molecule has 0 saturated carbocycles. The monoisotopic (exact) mass is 189 g/mol. The maximum atomic E-state index is 11.1. The summed E-state index contributed by atoms with van der Waals surface area (Å²) in [4.78, 5) is 11.1. The fourth-order valence-corrected chi connectivity index (χ4v) is 1.16. The van der Waals surface area contributed by atoms with Crippen molar-refractivity contribution >= 4 is 18.5 Å². The van der Waals surface area contributed by atoms with Gasteiger partial charge in [0.2, 0.25) is 5.91 Å². The quantitative estimate of drug-likeness (QED) is 0.375. The molecular weight excluding hydrogens is 170 g/mol. The van der Waals surface area contributed by atoms with Gasteiger partial charge in [-0.1, -0.05) is 26.2 Å². The molecule has 0 bridgehead atoms. The van der Waals surface area contributed by atoms with Gasteiger partial charge in [-0.3, -0.25) is 4.79 Å². The van der Waals surface area contributed by atoms with Crippen molar-refractivity contribution in [2.75, 3.05) is 0 Å². The molecule has 0 spiro atoms. The largest absolute Gasteiger partial charge is 0.345 e. The molecule has 72 valence electrons. The number of unbranched alkanes of at least 4 members (excludes halogenated alkanes) is 3. The summed E-state index contributed by atoms with van der Waals surface area (Å²) in [6, 6.07) is 0. The zero-order valence-electron chi connectivity index (χ0n) is 7.97. The van der Waals surface area contributed by atoms with E-state index in [1.807, 2.05) is 6.92 Å². The van der Waals surface area contributed by atoms with E-state index in [1.165, 1.54) is 12.8 Å². The van der Waals surface area contributed by atoms with E-state index < -0.39 is 0 Å². The minimum absolute atomic E-state index is 0.0244. The van der Waals surface area contributed by atoms with E-state index in [1.54, 1.807) is 0 Å². The second kappa shape index (κ2) is 7.47. The molecule has 1 atom stereocenters. The Hall–Kier alpha value is -0.180. The summed E-state index contributed by atoms with van der Waals surface area (Å²) in [5, 5.41) is 2.72. The highest BCUT2D eigenvalue weighted by atomic mass is 32.1. The highest BCUT2D eigenvalue weighted by Gasteiger charge is 2.01. The standard InChI is InChI=1S/C9H19NOS/c1-3-4-5-6-7-9(11)10-8(2)12/h8,12H,3-7H2,1-2H3,(H,10,11).